The van der Waals surface area contributed by atoms with Crippen molar-refractivity contribution < 1.29 is 14.5 Å². The second-order valence-electron chi connectivity index (χ2n) is 6.54. The highest BCUT2D eigenvalue weighted by Crippen LogP contribution is 2.52. The smallest absolute Gasteiger partial charge is 0.272 e. The Morgan fingerprint density at radius 1 is 1.21 bits per heavy atom. The highest BCUT2D eigenvalue weighted by Gasteiger charge is 2.59. The van der Waals surface area contributed by atoms with Crippen molar-refractivity contribution in [2.24, 2.45) is 28.8 Å². The van der Waals surface area contributed by atoms with E-state index in [4.69, 9.17) is 0 Å². The molecule has 2 aliphatic carbocycles. The third-order valence-corrected chi connectivity index (χ3v) is 5.20. The van der Waals surface area contributed by atoms with Gasteiger partial charge in [0.05, 0.1) is 23.0 Å². The van der Waals surface area contributed by atoms with E-state index in [0.29, 0.717) is 11.1 Å². The molecule has 1 aromatic carbocycles. The van der Waals surface area contributed by atoms with Crippen LogP contribution < -0.4 is 0 Å². The number of carbonyl (C=O) groups is 2. The molecule has 2 amide bonds. The molecule has 3 aliphatic rings. The molecule has 0 unspecified atom stereocenters. The van der Waals surface area contributed by atoms with Crippen molar-refractivity contribution in [2.45, 2.75) is 13.3 Å². The molecule has 1 heterocycles. The molecule has 7 heteroatoms. The molecule has 2 fully saturated rings. The van der Waals surface area contributed by atoms with Gasteiger partial charge in [-0.2, -0.15) is 10.1 Å². The fourth-order valence-electron chi connectivity index (χ4n) is 4.03. The number of nitrogens with zero attached hydrogens (tertiary/aromatic N) is 3. The average molecular weight is 325 g/mol. The number of benzene rings is 1. The summed E-state index contributed by atoms with van der Waals surface area (Å²) in [6.45, 7) is 1.65. The standard InChI is InChI=1S/C17H15N3O4/c1-9-2-3-10(6-13(9)20(23)24)8-18-19-16(21)14-11-4-5-12(7-11)15(14)17(19)22/h2-6,8,11-12,14-15H,7H2,1H3/b18-8-/t11-,12-,14-,15+/m0/s1. The topological polar surface area (TPSA) is 92.9 Å². The normalized spacial score (nSPS) is 30.6. The van der Waals surface area contributed by atoms with Gasteiger partial charge in [0.1, 0.15) is 0 Å². The number of fused-ring (bicyclic) bond motifs is 5. The Morgan fingerprint density at radius 2 is 1.83 bits per heavy atom. The maximum absolute atomic E-state index is 12.5. The lowest BCUT2D eigenvalue weighted by Crippen LogP contribution is -2.28. The molecule has 0 aromatic heterocycles. The lowest BCUT2D eigenvalue weighted by molar-refractivity contribution is -0.385. The summed E-state index contributed by atoms with van der Waals surface area (Å²) in [5, 5.41) is 15.9. The van der Waals surface area contributed by atoms with Gasteiger partial charge >= 0.3 is 0 Å². The summed E-state index contributed by atoms with van der Waals surface area (Å²) in [6.07, 6.45) is 6.24. The quantitative estimate of drug-likeness (QED) is 0.279. The first-order valence-corrected chi connectivity index (χ1v) is 7.82. The lowest BCUT2D eigenvalue weighted by Gasteiger charge is -2.13. The van der Waals surface area contributed by atoms with Gasteiger partial charge in [0, 0.05) is 17.2 Å². The van der Waals surface area contributed by atoms with Gasteiger partial charge in [-0.3, -0.25) is 19.7 Å². The van der Waals surface area contributed by atoms with E-state index in [1.807, 2.05) is 12.2 Å². The maximum atomic E-state index is 12.5. The van der Waals surface area contributed by atoms with E-state index < -0.39 is 4.92 Å². The van der Waals surface area contributed by atoms with Crippen LogP contribution in [0.5, 0.6) is 0 Å². The number of hydrazone groups is 1. The van der Waals surface area contributed by atoms with Gasteiger partial charge in [0.25, 0.3) is 17.5 Å². The van der Waals surface area contributed by atoms with E-state index in [9.17, 15) is 19.7 Å². The van der Waals surface area contributed by atoms with E-state index in [1.54, 1.807) is 19.1 Å². The second kappa shape index (κ2) is 5.09. The highest BCUT2D eigenvalue weighted by atomic mass is 16.6. The van der Waals surface area contributed by atoms with Crippen molar-refractivity contribution >= 4 is 23.7 Å². The fraction of sp³-hybridized carbons (Fsp3) is 0.353. The van der Waals surface area contributed by atoms with Gasteiger partial charge in [-0.05, 0) is 25.2 Å². The van der Waals surface area contributed by atoms with E-state index in [-0.39, 0.29) is 41.2 Å². The van der Waals surface area contributed by atoms with E-state index >= 15 is 0 Å². The summed E-state index contributed by atoms with van der Waals surface area (Å²) in [5.74, 6) is -0.845. The third kappa shape index (κ3) is 2.01. The van der Waals surface area contributed by atoms with Crippen LogP contribution in [0.1, 0.15) is 17.5 Å². The van der Waals surface area contributed by atoms with Crippen LogP contribution in [0.3, 0.4) is 0 Å². The molecule has 4 atom stereocenters. The van der Waals surface area contributed by atoms with Crippen LogP contribution in [0, 0.1) is 40.7 Å². The number of carbonyl (C=O) groups excluding carboxylic acids is 2. The largest absolute Gasteiger partial charge is 0.272 e. The van der Waals surface area contributed by atoms with Crippen LogP contribution in [0.4, 0.5) is 5.69 Å². The SMILES string of the molecule is Cc1ccc(/C=N\N2C(=O)[C@@H]3[C@H](C2=O)[C@H]2C=C[C@H]3C2)cc1[N+](=O)[O-]. The summed E-state index contributed by atoms with van der Waals surface area (Å²) in [6, 6.07) is 4.67. The lowest BCUT2D eigenvalue weighted by atomic mass is 9.85. The summed E-state index contributed by atoms with van der Waals surface area (Å²) in [5.41, 5.74) is 1.01. The van der Waals surface area contributed by atoms with Gasteiger partial charge in [-0.1, -0.05) is 24.3 Å². The summed E-state index contributed by atoms with van der Waals surface area (Å²) >= 11 is 0. The molecule has 1 aromatic rings. The summed E-state index contributed by atoms with van der Waals surface area (Å²) < 4.78 is 0. The number of nitro benzene ring substituents is 1. The first-order chi connectivity index (χ1) is 11.5. The minimum absolute atomic E-state index is 0.0165. The van der Waals surface area contributed by atoms with Gasteiger partial charge in [-0.25, -0.2) is 0 Å². The molecule has 122 valence electrons. The number of rotatable bonds is 3. The van der Waals surface area contributed by atoms with Crippen molar-refractivity contribution in [1.82, 2.24) is 5.01 Å². The van der Waals surface area contributed by atoms with Crippen LogP contribution in [0.25, 0.3) is 0 Å². The molecule has 0 N–H and O–H groups in total. The van der Waals surface area contributed by atoms with E-state index in [1.165, 1.54) is 12.3 Å². The number of hydrogen-bond donors (Lipinski definition) is 0. The number of amides is 2. The fourth-order valence-corrected chi connectivity index (χ4v) is 4.03. The van der Waals surface area contributed by atoms with Gasteiger partial charge in [0.2, 0.25) is 0 Å². The van der Waals surface area contributed by atoms with Crippen LogP contribution in [-0.4, -0.2) is 28.0 Å². The summed E-state index contributed by atoms with van der Waals surface area (Å²) in [7, 11) is 0. The molecule has 24 heavy (non-hydrogen) atoms. The van der Waals surface area contributed by atoms with Crippen LogP contribution >= 0.6 is 0 Å². The Bertz CT molecular complexity index is 799. The van der Waals surface area contributed by atoms with Gasteiger partial charge in [0.15, 0.2) is 0 Å². The Morgan fingerprint density at radius 3 is 2.42 bits per heavy atom. The van der Waals surface area contributed by atoms with Crippen molar-refractivity contribution in [3.8, 4) is 0 Å². The number of allylic oxidation sites excluding steroid dienone is 2. The van der Waals surface area contributed by atoms with Crippen LogP contribution in [-0.2, 0) is 9.59 Å². The van der Waals surface area contributed by atoms with E-state index in [0.717, 1.165) is 11.4 Å². The zero-order chi connectivity index (χ0) is 17.0. The molecule has 2 bridgehead atoms. The van der Waals surface area contributed by atoms with E-state index in [2.05, 4.69) is 5.10 Å². The average Bonchev–Trinajstić information content (AvgIpc) is 3.22. The molecule has 4 rings (SSSR count). The Labute approximate surface area is 137 Å². The zero-order valence-corrected chi connectivity index (χ0v) is 13.0. The Balaban J connectivity index is 1.59. The van der Waals surface area contributed by atoms with Gasteiger partial charge < -0.3 is 0 Å². The van der Waals surface area contributed by atoms with Crippen molar-refractivity contribution in [3.63, 3.8) is 0 Å². The first-order valence-electron chi connectivity index (χ1n) is 7.82. The highest BCUT2D eigenvalue weighted by molar-refractivity contribution is 6.06. The number of hydrogen-bond acceptors (Lipinski definition) is 5. The number of imide groups is 1. The molecule has 1 aliphatic heterocycles. The molecule has 0 radical (unpaired) electrons. The molecule has 1 saturated carbocycles. The van der Waals surface area contributed by atoms with Crippen molar-refractivity contribution in [3.05, 3.63) is 51.6 Å². The molecular weight excluding hydrogens is 310 g/mol. The second-order valence-corrected chi connectivity index (χ2v) is 6.54. The number of aryl methyl sites for hydroxylation is 1. The molecular formula is C17H15N3O4. The Kier molecular flexibility index (Phi) is 3.13. The van der Waals surface area contributed by atoms with Crippen molar-refractivity contribution in [2.75, 3.05) is 0 Å². The van der Waals surface area contributed by atoms with Crippen LogP contribution in [0.15, 0.2) is 35.5 Å². The van der Waals surface area contributed by atoms with Crippen LogP contribution in [0.2, 0.25) is 0 Å². The van der Waals surface area contributed by atoms with Gasteiger partial charge in [-0.15, -0.1) is 0 Å². The Hall–Kier alpha value is -2.83. The molecule has 1 saturated heterocycles. The predicted octanol–water partition coefficient (Wildman–Crippen LogP) is 2.04. The molecule has 7 nitrogen and oxygen atoms in total. The summed E-state index contributed by atoms with van der Waals surface area (Å²) in [4.78, 5) is 35.5. The minimum atomic E-state index is -0.466. The third-order valence-electron chi connectivity index (χ3n) is 5.20. The first kappa shape index (κ1) is 14.7. The monoisotopic (exact) mass is 325 g/mol. The predicted molar refractivity (Wildman–Crippen MR) is 85.0 cm³/mol. The zero-order valence-electron chi connectivity index (χ0n) is 13.0. The maximum Gasteiger partial charge on any atom is 0.272 e. The number of nitro groups is 1. The molecule has 0 spiro atoms. The minimum Gasteiger partial charge on any atom is -0.272 e. The van der Waals surface area contributed by atoms with Crippen molar-refractivity contribution in [1.29, 1.82) is 0 Å².